The van der Waals surface area contributed by atoms with Crippen LogP contribution in [-0.4, -0.2) is 71.8 Å². The number of aromatic nitrogens is 2. The number of urea groups is 1. The summed E-state index contributed by atoms with van der Waals surface area (Å²) in [6.07, 6.45) is 2.55. The molecule has 2 aliphatic heterocycles. The van der Waals surface area contributed by atoms with Crippen LogP contribution in [0.3, 0.4) is 0 Å². The van der Waals surface area contributed by atoms with Gasteiger partial charge in [0.15, 0.2) is 17.3 Å². The highest BCUT2D eigenvalue weighted by Crippen LogP contribution is 2.33. The van der Waals surface area contributed by atoms with Crippen molar-refractivity contribution in [1.82, 2.24) is 19.9 Å². The van der Waals surface area contributed by atoms with Gasteiger partial charge in [0.2, 0.25) is 11.8 Å². The molecule has 1 aromatic heterocycles. The van der Waals surface area contributed by atoms with Gasteiger partial charge in [-0.15, -0.1) is 0 Å². The highest BCUT2D eigenvalue weighted by Gasteiger charge is 2.36. The minimum Gasteiger partial charge on any atom is -0.486 e. The summed E-state index contributed by atoms with van der Waals surface area (Å²) < 4.78 is 16.4. The summed E-state index contributed by atoms with van der Waals surface area (Å²) in [7, 11) is 1.81. The molecule has 2 fully saturated rings. The highest BCUT2D eigenvalue weighted by molar-refractivity contribution is 5.90. The van der Waals surface area contributed by atoms with Crippen molar-refractivity contribution in [2.75, 3.05) is 45.2 Å². The van der Waals surface area contributed by atoms with Crippen molar-refractivity contribution in [3.05, 3.63) is 29.9 Å². The van der Waals surface area contributed by atoms with Crippen molar-refractivity contribution in [3.63, 3.8) is 0 Å². The molecule has 1 aliphatic carbocycles. The maximum absolute atomic E-state index is 12.5. The van der Waals surface area contributed by atoms with Crippen LogP contribution in [-0.2, 0) is 11.2 Å². The van der Waals surface area contributed by atoms with Crippen LogP contribution < -0.4 is 14.8 Å². The molecule has 10 nitrogen and oxygen atoms in total. The summed E-state index contributed by atoms with van der Waals surface area (Å²) in [4.78, 5) is 32.4. The van der Waals surface area contributed by atoms with E-state index in [0.29, 0.717) is 68.2 Å². The fourth-order valence-electron chi connectivity index (χ4n) is 3.68. The van der Waals surface area contributed by atoms with E-state index < -0.39 is 0 Å². The fourth-order valence-corrected chi connectivity index (χ4v) is 3.68. The lowest BCUT2D eigenvalue weighted by Crippen LogP contribution is -2.50. The third-order valence-corrected chi connectivity index (χ3v) is 5.77. The molecule has 0 radical (unpaired) electrons. The second-order valence-corrected chi connectivity index (χ2v) is 8.22. The van der Waals surface area contributed by atoms with Gasteiger partial charge >= 0.3 is 6.03 Å². The summed E-state index contributed by atoms with van der Waals surface area (Å²) >= 11 is 0. The maximum Gasteiger partial charge on any atom is 0.321 e. The highest BCUT2D eigenvalue weighted by atomic mass is 16.6. The third-order valence-electron chi connectivity index (χ3n) is 5.77. The summed E-state index contributed by atoms with van der Waals surface area (Å²) in [5.41, 5.74) is 0.655. The Morgan fingerprint density at radius 3 is 2.74 bits per heavy atom. The first-order chi connectivity index (χ1) is 15.1. The van der Waals surface area contributed by atoms with E-state index in [-0.39, 0.29) is 23.8 Å². The Balaban J connectivity index is 1.09. The van der Waals surface area contributed by atoms with Crippen LogP contribution in [0.1, 0.15) is 30.5 Å². The van der Waals surface area contributed by atoms with Crippen molar-refractivity contribution in [3.8, 4) is 11.5 Å². The van der Waals surface area contributed by atoms with Crippen LogP contribution in [0.25, 0.3) is 0 Å². The number of likely N-dealkylation sites (N-methyl/N-ethyl adjacent to an activating group) is 1. The van der Waals surface area contributed by atoms with Crippen molar-refractivity contribution in [2.24, 2.45) is 5.92 Å². The van der Waals surface area contributed by atoms with Gasteiger partial charge in [-0.25, -0.2) is 4.79 Å². The largest absolute Gasteiger partial charge is 0.486 e. The van der Waals surface area contributed by atoms with Crippen LogP contribution in [0.2, 0.25) is 0 Å². The minimum atomic E-state index is -0.187. The quantitative estimate of drug-likeness (QED) is 0.749. The molecular weight excluding hydrogens is 402 g/mol. The molecule has 0 spiro atoms. The maximum atomic E-state index is 12.5. The van der Waals surface area contributed by atoms with Gasteiger partial charge in [0, 0.05) is 50.8 Å². The number of fused-ring (bicyclic) bond motifs is 1. The van der Waals surface area contributed by atoms with E-state index in [4.69, 9.17) is 14.0 Å². The zero-order chi connectivity index (χ0) is 21.4. The van der Waals surface area contributed by atoms with E-state index in [0.717, 1.165) is 12.8 Å². The standard InChI is InChI=1S/C21H25N5O5/c1-25(20(27)13-2-3-13)7-6-18-23-19(31-24-18)14-11-26(12-14)21(28)22-15-4-5-16-17(10-15)30-9-8-29-16/h4-5,10,13-14H,2-3,6-9,11-12H2,1H3,(H,22,28). The smallest absolute Gasteiger partial charge is 0.321 e. The molecule has 2 aromatic rings. The topological polar surface area (TPSA) is 110 Å². The minimum absolute atomic E-state index is 0.0260. The number of carbonyl (C=O) groups excluding carboxylic acids is 2. The van der Waals surface area contributed by atoms with Crippen molar-refractivity contribution >= 4 is 17.6 Å². The molecule has 1 N–H and O–H groups in total. The number of amides is 3. The van der Waals surface area contributed by atoms with Gasteiger partial charge in [-0.2, -0.15) is 4.98 Å². The van der Waals surface area contributed by atoms with Gasteiger partial charge in [0.05, 0.1) is 5.92 Å². The predicted molar refractivity (Wildman–Crippen MR) is 109 cm³/mol. The summed E-state index contributed by atoms with van der Waals surface area (Å²) in [6.45, 7) is 2.62. The van der Waals surface area contributed by atoms with Gasteiger partial charge in [-0.05, 0) is 25.0 Å². The number of ether oxygens (including phenoxy) is 2. The Morgan fingerprint density at radius 2 is 1.97 bits per heavy atom. The number of anilines is 1. The molecule has 0 unspecified atom stereocenters. The molecule has 3 heterocycles. The average molecular weight is 427 g/mol. The van der Waals surface area contributed by atoms with E-state index in [2.05, 4.69) is 15.5 Å². The van der Waals surface area contributed by atoms with Crippen molar-refractivity contribution in [2.45, 2.75) is 25.2 Å². The summed E-state index contributed by atoms with van der Waals surface area (Å²) in [6, 6.07) is 5.16. The second-order valence-electron chi connectivity index (χ2n) is 8.22. The van der Waals surface area contributed by atoms with Crippen LogP contribution in [0, 0.1) is 5.92 Å². The van der Waals surface area contributed by atoms with Gasteiger partial charge in [-0.1, -0.05) is 5.16 Å². The van der Waals surface area contributed by atoms with Crippen LogP contribution in [0.4, 0.5) is 10.5 Å². The number of rotatable bonds is 6. The Hall–Kier alpha value is -3.30. The monoisotopic (exact) mass is 427 g/mol. The van der Waals surface area contributed by atoms with Gasteiger partial charge in [-0.3, -0.25) is 4.79 Å². The number of hydrogen-bond donors (Lipinski definition) is 1. The lowest BCUT2D eigenvalue weighted by Gasteiger charge is -2.36. The van der Waals surface area contributed by atoms with Gasteiger partial charge in [0.25, 0.3) is 0 Å². The molecule has 3 aliphatic rings. The molecular formula is C21H25N5O5. The lowest BCUT2D eigenvalue weighted by atomic mass is 10.0. The van der Waals surface area contributed by atoms with Gasteiger partial charge in [0.1, 0.15) is 13.2 Å². The number of hydrogen-bond acceptors (Lipinski definition) is 7. The lowest BCUT2D eigenvalue weighted by molar-refractivity contribution is -0.131. The number of benzene rings is 1. The normalized spacial score (nSPS) is 17.8. The van der Waals surface area contributed by atoms with E-state index in [1.54, 1.807) is 28.0 Å². The zero-order valence-electron chi connectivity index (χ0n) is 17.4. The number of nitrogens with one attached hydrogen (secondary N) is 1. The van der Waals surface area contributed by atoms with Crippen molar-refractivity contribution in [1.29, 1.82) is 0 Å². The molecule has 1 saturated carbocycles. The molecule has 164 valence electrons. The Labute approximate surface area is 179 Å². The predicted octanol–water partition coefficient (Wildman–Crippen LogP) is 1.88. The molecule has 10 heteroatoms. The molecule has 0 atom stereocenters. The third kappa shape index (κ3) is 4.28. The van der Waals surface area contributed by atoms with Crippen LogP contribution in [0.5, 0.6) is 11.5 Å². The molecule has 5 rings (SSSR count). The SMILES string of the molecule is CN(CCc1noc(C2CN(C(=O)Nc3ccc4c(c3)OCCO4)C2)n1)C(=O)C1CC1. The fraction of sp³-hybridized carbons (Fsp3) is 0.524. The summed E-state index contributed by atoms with van der Waals surface area (Å²) in [5.74, 6) is 2.87. The zero-order valence-corrected chi connectivity index (χ0v) is 17.4. The summed E-state index contributed by atoms with van der Waals surface area (Å²) in [5, 5.41) is 6.90. The molecule has 1 saturated heterocycles. The van der Waals surface area contributed by atoms with E-state index in [1.807, 2.05) is 7.05 Å². The molecule has 31 heavy (non-hydrogen) atoms. The Bertz CT molecular complexity index is 982. The average Bonchev–Trinajstić information content (AvgIpc) is 3.49. The first kappa shape index (κ1) is 19.7. The van der Waals surface area contributed by atoms with Gasteiger partial charge < -0.3 is 29.1 Å². The number of nitrogens with zero attached hydrogens (tertiary/aromatic N) is 4. The Kier molecular flexibility index (Phi) is 5.13. The first-order valence-electron chi connectivity index (χ1n) is 10.6. The molecule has 0 bridgehead atoms. The molecule has 1 aromatic carbocycles. The van der Waals surface area contributed by atoms with Crippen LogP contribution >= 0.6 is 0 Å². The number of likely N-dealkylation sites (tertiary alicyclic amines) is 1. The second kappa shape index (κ2) is 8.09. The Morgan fingerprint density at radius 1 is 1.19 bits per heavy atom. The first-order valence-corrected chi connectivity index (χ1v) is 10.6. The van der Waals surface area contributed by atoms with E-state index in [9.17, 15) is 9.59 Å². The van der Waals surface area contributed by atoms with E-state index in [1.165, 1.54) is 0 Å². The molecule has 3 amide bonds. The van der Waals surface area contributed by atoms with Crippen molar-refractivity contribution < 1.29 is 23.6 Å². The number of carbonyl (C=O) groups is 2. The van der Waals surface area contributed by atoms with E-state index >= 15 is 0 Å². The van der Waals surface area contributed by atoms with Crippen LogP contribution in [0.15, 0.2) is 22.7 Å².